The van der Waals surface area contributed by atoms with Crippen molar-refractivity contribution in [3.05, 3.63) is 112 Å². The average Bonchev–Trinajstić information content (AvgIpc) is 3.62. The second-order valence-electron chi connectivity index (χ2n) is 10.7. The minimum Gasteiger partial charge on any atom is -0.478 e. The van der Waals surface area contributed by atoms with Crippen molar-refractivity contribution >= 4 is 28.6 Å². The van der Waals surface area contributed by atoms with Crippen molar-refractivity contribution < 1.29 is 37.3 Å². The Morgan fingerprint density at radius 3 is 2.56 bits per heavy atom. The maximum Gasteiger partial charge on any atom is 0.335 e. The van der Waals surface area contributed by atoms with Crippen molar-refractivity contribution in [2.24, 2.45) is 5.92 Å². The van der Waals surface area contributed by atoms with Crippen LogP contribution in [-0.4, -0.2) is 52.5 Å². The molecule has 0 unspecified atom stereocenters. The highest BCUT2D eigenvalue weighted by Gasteiger charge is 2.33. The second-order valence-corrected chi connectivity index (χ2v) is 11.2. The number of hydrogen-bond donors (Lipinski definition) is 1. The molecule has 8 nitrogen and oxygen atoms in total. The first-order valence-corrected chi connectivity index (χ1v) is 14.4. The Labute approximate surface area is 261 Å². The lowest BCUT2D eigenvalue weighted by molar-refractivity contribution is 0.0697. The van der Waals surface area contributed by atoms with Crippen LogP contribution in [0.25, 0.3) is 22.3 Å². The summed E-state index contributed by atoms with van der Waals surface area (Å²) in [7, 11) is 1.58. The lowest BCUT2D eigenvalue weighted by atomic mass is 10.0. The number of carboxylic acid groups (broad SMARTS) is 1. The molecule has 232 valence electrons. The molecule has 1 aliphatic rings. The Morgan fingerprint density at radius 2 is 1.80 bits per heavy atom. The highest BCUT2D eigenvalue weighted by atomic mass is 35.5. The van der Waals surface area contributed by atoms with Crippen LogP contribution in [0.5, 0.6) is 5.88 Å². The van der Waals surface area contributed by atoms with Crippen molar-refractivity contribution in [1.29, 1.82) is 0 Å². The average molecular weight is 638 g/mol. The van der Waals surface area contributed by atoms with Gasteiger partial charge in [0.2, 0.25) is 0 Å². The molecule has 2 atom stereocenters. The Bertz CT molecular complexity index is 1880. The summed E-state index contributed by atoms with van der Waals surface area (Å²) in [5, 5.41) is 10.1. The van der Waals surface area contributed by atoms with Gasteiger partial charge in [-0.2, -0.15) is 0 Å². The van der Waals surface area contributed by atoms with Gasteiger partial charge in [-0.05, 0) is 65.7 Å². The summed E-state index contributed by atoms with van der Waals surface area (Å²) in [5.74, 6) is -3.35. The zero-order valence-electron chi connectivity index (χ0n) is 24.0. The molecule has 6 rings (SSSR count). The molecule has 45 heavy (non-hydrogen) atoms. The van der Waals surface area contributed by atoms with Gasteiger partial charge in [-0.25, -0.2) is 27.9 Å². The lowest BCUT2D eigenvalue weighted by Crippen LogP contribution is -2.23. The number of halogens is 4. The predicted octanol–water partition coefficient (Wildman–Crippen LogP) is 6.87. The quantitative estimate of drug-likeness (QED) is 0.179. The molecule has 0 amide bonds. The van der Waals surface area contributed by atoms with E-state index in [1.54, 1.807) is 37.4 Å². The van der Waals surface area contributed by atoms with E-state index in [0.717, 1.165) is 23.8 Å². The first-order valence-electron chi connectivity index (χ1n) is 14.0. The van der Waals surface area contributed by atoms with Crippen LogP contribution in [0.1, 0.15) is 33.4 Å². The third kappa shape index (κ3) is 6.37. The van der Waals surface area contributed by atoms with E-state index in [0.29, 0.717) is 41.7 Å². The number of fused-ring (bicyclic) bond motifs is 1. The third-order valence-electron chi connectivity index (χ3n) is 7.75. The van der Waals surface area contributed by atoms with Crippen LogP contribution in [-0.2, 0) is 22.5 Å². The molecule has 1 N–H and O–H groups in total. The van der Waals surface area contributed by atoms with Crippen molar-refractivity contribution in [3.8, 4) is 17.1 Å². The number of rotatable bonds is 10. The number of carboxylic acids is 1. The number of carbonyl (C=O) groups is 1. The molecule has 1 saturated heterocycles. The summed E-state index contributed by atoms with van der Waals surface area (Å²) in [6.45, 7) is 1.12. The molecule has 0 bridgehead atoms. The lowest BCUT2D eigenvalue weighted by Gasteiger charge is -2.22. The molecule has 1 fully saturated rings. The molecule has 0 saturated carbocycles. The standard InChI is InChI=1S/C33H27ClF3N3O5/c1-43-15-21-16-44-17-30(21)40-29-11-19(33(41)42)4-8-28(29)38-31(40)12-20-10-26(37)23(13-25(20)36)27-9-7-24(35)32(39-27)45-14-18-2-5-22(34)6-3-18/h2-11,13,21,30H,12,14-17H2,1H3,(H,41,42)/t21-,30+/m0/s1. The van der Waals surface area contributed by atoms with Gasteiger partial charge in [0.05, 0.1) is 48.2 Å². The molecular formula is C33H27ClF3N3O5. The van der Waals surface area contributed by atoms with Crippen LogP contribution in [0.3, 0.4) is 0 Å². The smallest absolute Gasteiger partial charge is 0.335 e. The molecule has 5 aromatic rings. The molecular weight excluding hydrogens is 611 g/mol. The van der Waals surface area contributed by atoms with E-state index in [1.165, 1.54) is 18.2 Å². The maximum absolute atomic E-state index is 15.6. The van der Waals surface area contributed by atoms with E-state index in [-0.39, 0.29) is 53.3 Å². The van der Waals surface area contributed by atoms with E-state index in [9.17, 15) is 14.3 Å². The number of aromatic nitrogens is 3. The zero-order chi connectivity index (χ0) is 31.7. The van der Waals surface area contributed by atoms with Crippen molar-refractivity contribution in [3.63, 3.8) is 0 Å². The molecule has 12 heteroatoms. The highest BCUT2D eigenvalue weighted by molar-refractivity contribution is 6.30. The fourth-order valence-electron chi connectivity index (χ4n) is 5.51. The number of ether oxygens (including phenoxy) is 3. The van der Waals surface area contributed by atoms with E-state index in [1.807, 2.05) is 4.57 Å². The van der Waals surface area contributed by atoms with Crippen LogP contribution >= 0.6 is 11.6 Å². The minimum absolute atomic E-state index is 0.00739. The fraction of sp³-hybridized carbons (Fsp3) is 0.242. The van der Waals surface area contributed by atoms with Crippen molar-refractivity contribution in [1.82, 2.24) is 14.5 Å². The Morgan fingerprint density at radius 1 is 1.00 bits per heavy atom. The number of methoxy groups -OCH3 is 1. The molecule has 3 heterocycles. The van der Waals surface area contributed by atoms with Gasteiger partial charge in [-0.3, -0.25) is 0 Å². The first-order chi connectivity index (χ1) is 21.7. The van der Waals surface area contributed by atoms with Crippen LogP contribution in [0, 0.1) is 23.4 Å². The Hall–Kier alpha value is -4.45. The number of aromatic carboxylic acids is 1. The van der Waals surface area contributed by atoms with Gasteiger partial charge in [-0.1, -0.05) is 23.7 Å². The van der Waals surface area contributed by atoms with Gasteiger partial charge in [0.1, 0.15) is 24.1 Å². The summed E-state index contributed by atoms with van der Waals surface area (Å²) in [6, 6.07) is 15.5. The summed E-state index contributed by atoms with van der Waals surface area (Å²) in [6.07, 6.45) is -0.0946. The normalized spacial score (nSPS) is 16.4. The zero-order valence-corrected chi connectivity index (χ0v) is 24.7. The number of nitrogens with zero attached hydrogens (tertiary/aromatic N) is 3. The van der Waals surface area contributed by atoms with Gasteiger partial charge >= 0.3 is 5.97 Å². The summed E-state index contributed by atoms with van der Waals surface area (Å²) in [5.41, 5.74) is 1.69. The monoisotopic (exact) mass is 637 g/mol. The molecule has 0 radical (unpaired) electrons. The van der Waals surface area contributed by atoms with Gasteiger partial charge < -0.3 is 23.9 Å². The number of benzene rings is 3. The first kappa shape index (κ1) is 30.6. The van der Waals surface area contributed by atoms with Crippen molar-refractivity contribution in [2.45, 2.75) is 19.1 Å². The topological polar surface area (TPSA) is 95.7 Å². The molecule has 2 aromatic heterocycles. The van der Waals surface area contributed by atoms with E-state index >= 15 is 8.78 Å². The Balaban J connectivity index is 1.32. The summed E-state index contributed by atoms with van der Waals surface area (Å²) in [4.78, 5) is 20.5. The highest BCUT2D eigenvalue weighted by Crippen LogP contribution is 2.34. The van der Waals surface area contributed by atoms with E-state index in [4.69, 9.17) is 25.8 Å². The third-order valence-corrected chi connectivity index (χ3v) is 8.00. The van der Waals surface area contributed by atoms with Crippen LogP contribution in [0.15, 0.2) is 66.7 Å². The predicted molar refractivity (Wildman–Crippen MR) is 160 cm³/mol. The van der Waals surface area contributed by atoms with Crippen molar-refractivity contribution in [2.75, 3.05) is 26.9 Å². The van der Waals surface area contributed by atoms with Crippen LogP contribution in [0.4, 0.5) is 13.2 Å². The molecule has 0 aliphatic carbocycles. The number of imidazole rings is 1. The number of hydrogen-bond acceptors (Lipinski definition) is 6. The minimum atomic E-state index is -1.10. The molecule has 0 spiro atoms. The maximum atomic E-state index is 15.6. The fourth-order valence-corrected chi connectivity index (χ4v) is 5.64. The van der Waals surface area contributed by atoms with Gasteiger partial charge in [0.25, 0.3) is 5.88 Å². The van der Waals surface area contributed by atoms with Gasteiger partial charge in [0, 0.05) is 30.0 Å². The van der Waals surface area contributed by atoms with Crippen LogP contribution in [0.2, 0.25) is 5.02 Å². The van der Waals surface area contributed by atoms with Gasteiger partial charge in [0.15, 0.2) is 5.82 Å². The Kier molecular flexibility index (Phi) is 8.75. The van der Waals surface area contributed by atoms with Gasteiger partial charge in [-0.15, -0.1) is 0 Å². The SMILES string of the molecule is COC[C@H]1COC[C@H]1n1c(Cc2cc(F)c(-c3ccc(F)c(OCc4ccc(Cl)cc4)n3)cc2F)nc2ccc(C(=O)O)cc21. The second kappa shape index (κ2) is 12.9. The molecule has 3 aromatic carbocycles. The van der Waals surface area contributed by atoms with E-state index < -0.39 is 23.4 Å². The largest absolute Gasteiger partial charge is 0.478 e. The number of pyridine rings is 1. The van der Waals surface area contributed by atoms with E-state index in [2.05, 4.69) is 9.97 Å². The summed E-state index contributed by atoms with van der Waals surface area (Å²) >= 11 is 5.90. The summed E-state index contributed by atoms with van der Waals surface area (Å²) < 4.78 is 64.2. The molecule has 1 aliphatic heterocycles. The van der Waals surface area contributed by atoms with Crippen LogP contribution < -0.4 is 4.74 Å².